The van der Waals surface area contributed by atoms with Crippen molar-refractivity contribution in [3.63, 3.8) is 0 Å². The van der Waals surface area contributed by atoms with Gasteiger partial charge in [0.25, 0.3) is 0 Å². The number of aromatic nitrogens is 5. The Bertz CT molecular complexity index is 1340. The van der Waals surface area contributed by atoms with Gasteiger partial charge in [0, 0.05) is 12.4 Å². The molecule has 4 heterocycles. The summed E-state index contributed by atoms with van der Waals surface area (Å²) in [6.45, 7) is 0. The normalized spacial score (nSPS) is 21.1. The maximum absolute atomic E-state index is 10.7. The highest BCUT2D eigenvalue weighted by molar-refractivity contribution is 6.33. The number of nitrogens with zero attached hydrogens (tertiary/aromatic N) is 5. The summed E-state index contributed by atoms with van der Waals surface area (Å²) in [4.78, 5) is 16.9. The summed E-state index contributed by atoms with van der Waals surface area (Å²) in [5, 5.41) is 22.4. The third-order valence-corrected chi connectivity index (χ3v) is 6.01. The van der Waals surface area contributed by atoms with Gasteiger partial charge in [0.15, 0.2) is 0 Å². The summed E-state index contributed by atoms with van der Waals surface area (Å²) in [6.07, 6.45) is 6.05. The van der Waals surface area contributed by atoms with E-state index >= 15 is 0 Å². The molecule has 0 saturated carbocycles. The van der Waals surface area contributed by atoms with E-state index < -0.39 is 18.2 Å². The molecule has 0 saturated heterocycles. The highest BCUT2D eigenvalue weighted by Crippen LogP contribution is 2.34. The van der Waals surface area contributed by atoms with E-state index in [1.165, 1.54) is 6.33 Å². The van der Waals surface area contributed by atoms with E-state index in [2.05, 4.69) is 19.9 Å². The van der Waals surface area contributed by atoms with Gasteiger partial charge >= 0.3 is 0 Å². The van der Waals surface area contributed by atoms with Gasteiger partial charge < -0.3 is 26.2 Å². The van der Waals surface area contributed by atoms with Crippen molar-refractivity contribution in [2.75, 3.05) is 11.5 Å². The van der Waals surface area contributed by atoms with Crippen molar-refractivity contribution in [1.29, 1.82) is 0 Å². The Morgan fingerprint density at radius 1 is 1.03 bits per heavy atom. The molecule has 0 aromatic carbocycles. The van der Waals surface area contributed by atoms with Gasteiger partial charge in [0.05, 0.1) is 27.5 Å². The zero-order chi connectivity index (χ0) is 21.7. The molecule has 0 bridgehead atoms. The first-order valence-corrected chi connectivity index (χ1v) is 10.1. The van der Waals surface area contributed by atoms with Crippen LogP contribution in [0.1, 0.15) is 18.0 Å². The Balaban J connectivity index is 1.39. The molecule has 0 aliphatic heterocycles. The van der Waals surface area contributed by atoms with E-state index in [4.69, 9.17) is 23.1 Å². The molecule has 0 fully saturated rings. The van der Waals surface area contributed by atoms with Crippen LogP contribution in [0.15, 0.2) is 48.6 Å². The van der Waals surface area contributed by atoms with Crippen LogP contribution in [0.25, 0.3) is 22.1 Å². The number of nitrogens with two attached hydrogens (primary N) is 2. The first kappa shape index (κ1) is 19.7. The highest BCUT2D eigenvalue weighted by atomic mass is 35.5. The zero-order valence-corrected chi connectivity index (χ0v) is 17.1. The molecular formula is C21H20ClN7O2. The summed E-state index contributed by atoms with van der Waals surface area (Å²) in [5.41, 5.74) is 15.3. The molecule has 9 nitrogen and oxygen atoms in total. The second kappa shape index (κ2) is 7.45. The lowest BCUT2D eigenvalue weighted by Crippen LogP contribution is -2.29. The van der Waals surface area contributed by atoms with Crippen LogP contribution in [0, 0.1) is 0 Å². The van der Waals surface area contributed by atoms with Crippen LogP contribution in [-0.2, 0) is 6.42 Å². The van der Waals surface area contributed by atoms with Crippen LogP contribution in [0.5, 0.6) is 0 Å². The van der Waals surface area contributed by atoms with Crippen LogP contribution < -0.4 is 11.5 Å². The Kier molecular flexibility index (Phi) is 4.73. The number of fused-ring (bicyclic) bond motifs is 2. The van der Waals surface area contributed by atoms with Crippen LogP contribution in [0.2, 0.25) is 5.02 Å². The second-order valence-electron chi connectivity index (χ2n) is 7.62. The van der Waals surface area contributed by atoms with Gasteiger partial charge in [-0.2, -0.15) is 0 Å². The Hall–Kier alpha value is -3.27. The average molecular weight is 438 g/mol. The Morgan fingerprint density at radius 3 is 2.71 bits per heavy atom. The molecule has 1 aliphatic rings. The number of rotatable bonds is 4. The number of aliphatic hydroxyl groups excluding tert-OH is 2. The predicted octanol–water partition coefficient (Wildman–Crippen LogP) is 2.03. The number of halogens is 1. The van der Waals surface area contributed by atoms with E-state index in [1.807, 2.05) is 16.7 Å². The third kappa shape index (κ3) is 3.36. The van der Waals surface area contributed by atoms with Gasteiger partial charge in [0.1, 0.15) is 35.8 Å². The number of nitrogen functional groups attached to an aromatic ring is 2. The topological polar surface area (TPSA) is 149 Å². The van der Waals surface area contributed by atoms with E-state index in [-0.39, 0.29) is 5.82 Å². The van der Waals surface area contributed by atoms with Gasteiger partial charge in [-0.15, -0.1) is 0 Å². The minimum absolute atomic E-state index is 0.261. The van der Waals surface area contributed by atoms with Crippen molar-refractivity contribution < 1.29 is 10.2 Å². The quantitative estimate of drug-likeness (QED) is 0.354. The molecule has 5 rings (SSSR count). The first-order chi connectivity index (χ1) is 14.9. The number of anilines is 2. The molecule has 6 N–H and O–H groups in total. The molecule has 0 spiro atoms. The van der Waals surface area contributed by atoms with Crippen LogP contribution >= 0.6 is 11.6 Å². The Labute approximate surface area is 182 Å². The molecule has 0 amide bonds. The molecular weight excluding hydrogens is 418 g/mol. The minimum Gasteiger partial charge on any atom is -0.388 e. The molecule has 0 radical (unpaired) electrons. The molecule has 1 aliphatic carbocycles. The third-order valence-electron chi connectivity index (χ3n) is 5.70. The largest absolute Gasteiger partial charge is 0.388 e. The fraction of sp³-hybridized carbons (Fsp3) is 0.238. The molecule has 158 valence electrons. The van der Waals surface area contributed by atoms with Crippen LogP contribution in [0.4, 0.5) is 11.6 Å². The molecule has 4 aromatic rings. The maximum Gasteiger partial charge on any atom is 0.146 e. The van der Waals surface area contributed by atoms with Crippen molar-refractivity contribution in [3.05, 3.63) is 59.2 Å². The number of aryl methyl sites for hydroxylation is 1. The van der Waals surface area contributed by atoms with E-state index in [0.717, 1.165) is 11.1 Å². The minimum atomic E-state index is -0.986. The van der Waals surface area contributed by atoms with Crippen molar-refractivity contribution in [3.8, 4) is 0 Å². The van der Waals surface area contributed by atoms with E-state index in [0.29, 0.717) is 45.7 Å². The van der Waals surface area contributed by atoms with Gasteiger partial charge in [-0.25, -0.2) is 15.0 Å². The van der Waals surface area contributed by atoms with Crippen molar-refractivity contribution >= 4 is 45.3 Å². The first-order valence-electron chi connectivity index (χ1n) is 9.77. The number of hydrogen-bond acceptors (Lipinski definition) is 8. The van der Waals surface area contributed by atoms with Gasteiger partial charge in [-0.3, -0.25) is 4.98 Å². The molecule has 10 heteroatoms. The molecule has 0 unspecified atom stereocenters. The summed E-state index contributed by atoms with van der Waals surface area (Å²) >= 11 is 6.00. The second-order valence-corrected chi connectivity index (χ2v) is 8.03. The average Bonchev–Trinajstić information content (AvgIpc) is 3.30. The smallest absolute Gasteiger partial charge is 0.146 e. The SMILES string of the molecule is Nc1nc2cc(CCC3=C[C@@H](n4ccc5c(N)ncnc54)[C@H](O)[C@@H]3O)cnc2cc1Cl. The number of pyridine rings is 2. The van der Waals surface area contributed by atoms with E-state index in [9.17, 15) is 10.2 Å². The lowest BCUT2D eigenvalue weighted by atomic mass is 10.0. The standard InChI is InChI=1S/C21H20ClN7O2/c22-13-7-14-15(28-20(13)24)5-10(8-25-14)1-2-11-6-16(18(31)17(11)30)29-4-3-12-19(23)26-9-27-21(12)29/h3-9,16-18,30-31H,1-2H2,(H2,24,28)(H2,23,26,27)/t16-,17-,18+/m1/s1. The zero-order valence-electron chi connectivity index (χ0n) is 16.4. The van der Waals surface area contributed by atoms with Gasteiger partial charge in [-0.1, -0.05) is 17.7 Å². The monoisotopic (exact) mass is 437 g/mol. The van der Waals surface area contributed by atoms with Crippen molar-refractivity contribution in [2.24, 2.45) is 0 Å². The summed E-state index contributed by atoms with van der Waals surface area (Å²) in [6, 6.07) is 4.95. The summed E-state index contributed by atoms with van der Waals surface area (Å²) in [5.74, 6) is 0.636. The summed E-state index contributed by atoms with van der Waals surface area (Å²) < 4.78 is 1.81. The number of hydrogen-bond donors (Lipinski definition) is 4. The lowest BCUT2D eigenvalue weighted by molar-refractivity contribution is 0.0317. The van der Waals surface area contributed by atoms with Crippen molar-refractivity contribution in [1.82, 2.24) is 24.5 Å². The van der Waals surface area contributed by atoms with E-state index in [1.54, 1.807) is 24.5 Å². The fourth-order valence-corrected chi connectivity index (χ4v) is 4.18. The van der Waals surface area contributed by atoms with Gasteiger partial charge in [0.2, 0.25) is 0 Å². The van der Waals surface area contributed by atoms with Crippen molar-refractivity contribution in [2.45, 2.75) is 31.1 Å². The predicted molar refractivity (Wildman–Crippen MR) is 118 cm³/mol. The lowest BCUT2D eigenvalue weighted by Gasteiger charge is -2.19. The van der Waals surface area contributed by atoms with Crippen LogP contribution in [0.3, 0.4) is 0 Å². The van der Waals surface area contributed by atoms with Gasteiger partial charge in [-0.05, 0) is 42.2 Å². The number of aliphatic hydroxyl groups is 2. The fourth-order valence-electron chi connectivity index (χ4n) is 4.04. The molecule has 31 heavy (non-hydrogen) atoms. The maximum atomic E-state index is 10.7. The summed E-state index contributed by atoms with van der Waals surface area (Å²) in [7, 11) is 0. The highest BCUT2D eigenvalue weighted by Gasteiger charge is 2.36. The molecule has 3 atom stereocenters. The van der Waals surface area contributed by atoms with Crippen LogP contribution in [-0.4, -0.2) is 46.9 Å². The molecule has 4 aromatic heterocycles. The Morgan fingerprint density at radius 2 is 1.87 bits per heavy atom.